The molecule has 1 unspecified atom stereocenters. The smallest absolute Gasteiger partial charge is 0.261 e. The lowest BCUT2D eigenvalue weighted by atomic mass is 10.1. The molecule has 0 aliphatic heterocycles. The number of nitrogens with one attached hydrogen (secondary N) is 1. The number of carbonyl (C=O) groups excluding carboxylic acids is 1. The maximum atomic E-state index is 13.0. The van der Waals surface area contributed by atoms with Crippen LogP contribution in [0, 0.1) is 12.7 Å². The predicted molar refractivity (Wildman–Crippen MR) is 90.5 cm³/mol. The van der Waals surface area contributed by atoms with Crippen molar-refractivity contribution in [3.8, 4) is 10.4 Å². The van der Waals surface area contributed by atoms with Crippen LogP contribution in [0.4, 0.5) is 4.39 Å². The number of amides is 1. The van der Waals surface area contributed by atoms with Gasteiger partial charge in [-0.2, -0.15) is 0 Å². The van der Waals surface area contributed by atoms with Gasteiger partial charge in [0, 0.05) is 4.88 Å². The van der Waals surface area contributed by atoms with E-state index in [9.17, 15) is 14.3 Å². The maximum Gasteiger partial charge on any atom is 0.261 e. The molecule has 6 heteroatoms. The topological polar surface area (TPSA) is 62.5 Å². The third kappa shape index (κ3) is 3.55. The van der Waals surface area contributed by atoms with Crippen molar-refractivity contribution in [2.75, 3.05) is 6.54 Å². The van der Waals surface area contributed by atoms with Crippen LogP contribution in [0.5, 0.6) is 0 Å². The SMILES string of the molecule is Cc1cc(C(=O)NCC(O)c2ccco2)sc1-c1ccc(F)cc1. The molecule has 2 N–H and O–H groups in total. The molecule has 0 spiro atoms. The molecule has 24 heavy (non-hydrogen) atoms. The van der Waals surface area contributed by atoms with Gasteiger partial charge in [-0.05, 0) is 48.4 Å². The number of rotatable bonds is 5. The average Bonchev–Trinajstić information content (AvgIpc) is 3.23. The minimum atomic E-state index is -0.887. The molecular weight excluding hydrogens is 329 g/mol. The van der Waals surface area contributed by atoms with Crippen LogP contribution < -0.4 is 5.32 Å². The zero-order valence-corrected chi connectivity index (χ0v) is 13.8. The number of aliphatic hydroxyl groups is 1. The van der Waals surface area contributed by atoms with E-state index < -0.39 is 6.10 Å². The number of hydrogen-bond acceptors (Lipinski definition) is 4. The van der Waals surface area contributed by atoms with Crippen molar-refractivity contribution in [1.29, 1.82) is 0 Å². The van der Waals surface area contributed by atoms with Crippen molar-refractivity contribution in [3.05, 3.63) is 70.7 Å². The lowest BCUT2D eigenvalue weighted by molar-refractivity contribution is 0.0905. The number of benzene rings is 1. The Morgan fingerprint density at radius 3 is 2.75 bits per heavy atom. The molecule has 1 aromatic carbocycles. The molecule has 1 amide bonds. The highest BCUT2D eigenvalue weighted by Gasteiger charge is 2.16. The highest BCUT2D eigenvalue weighted by atomic mass is 32.1. The van der Waals surface area contributed by atoms with Gasteiger partial charge in [0.1, 0.15) is 17.7 Å². The molecule has 0 aliphatic carbocycles. The Morgan fingerprint density at radius 1 is 1.33 bits per heavy atom. The lowest BCUT2D eigenvalue weighted by Gasteiger charge is -2.08. The first-order valence-electron chi connectivity index (χ1n) is 7.40. The van der Waals surface area contributed by atoms with Crippen LogP contribution in [0.25, 0.3) is 10.4 Å². The molecule has 4 nitrogen and oxygen atoms in total. The Kier molecular flexibility index (Phi) is 4.78. The molecule has 0 saturated carbocycles. The summed E-state index contributed by atoms with van der Waals surface area (Å²) in [6, 6.07) is 11.3. The van der Waals surface area contributed by atoms with Crippen LogP contribution in [-0.4, -0.2) is 17.6 Å². The molecule has 2 aromatic heterocycles. The summed E-state index contributed by atoms with van der Waals surface area (Å²) in [6.45, 7) is 1.97. The predicted octanol–water partition coefficient (Wildman–Crippen LogP) is 3.92. The van der Waals surface area contributed by atoms with E-state index in [-0.39, 0.29) is 18.3 Å². The van der Waals surface area contributed by atoms with Crippen LogP contribution in [0.3, 0.4) is 0 Å². The number of halogens is 1. The van der Waals surface area contributed by atoms with Gasteiger partial charge < -0.3 is 14.8 Å². The van der Waals surface area contributed by atoms with Gasteiger partial charge in [0.25, 0.3) is 5.91 Å². The molecule has 1 atom stereocenters. The minimum absolute atomic E-state index is 0.0647. The van der Waals surface area contributed by atoms with Gasteiger partial charge in [0.15, 0.2) is 0 Å². The summed E-state index contributed by atoms with van der Waals surface area (Å²) >= 11 is 1.34. The van der Waals surface area contributed by atoms with Crippen molar-refractivity contribution in [1.82, 2.24) is 5.32 Å². The quantitative estimate of drug-likeness (QED) is 0.737. The van der Waals surface area contributed by atoms with Crippen LogP contribution >= 0.6 is 11.3 Å². The minimum Gasteiger partial charge on any atom is -0.467 e. The van der Waals surface area contributed by atoms with Crippen LogP contribution in [0.1, 0.15) is 27.1 Å². The standard InChI is InChI=1S/C18H16FNO3S/c1-11-9-16(24-17(11)12-4-6-13(19)7-5-12)18(22)20-10-14(21)15-3-2-8-23-15/h2-9,14,21H,10H2,1H3,(H,20,22). The fraction of sp³-hybridized carbons (Fsp3) is 0.167. The second kappa shape index (κ2) is 6.98. The van der Waals surface area contributed by atoms with Gasteiger partial charge in [-0.3, -0.25) is 4.79 Å². The molecule has 3 aromatic rings. The summed E-state index contributed by atoms with van der Waals surface area (Å²) in [4.78, 5) is 13.7. The van der Waals surface area contributed by atoms with Crippen molar-refractivity contribution < 1.29 is 18.7 Å². The Balaban J connectivity index is 1.70. The number of carbonyl (C=O) groups is 1. The molecular formula is C18H16FNO3S. The van der Waals surface area contributed by atoms with E-state index in [1.165, 1.54) is 29.7 Å². The monoisotopic (exact) mass is 345 g/mol. The number of aliphatic hydroxyl groups excluding tert-OH is 1. The molecule has 3 rings (SSSR count). The van der Waals surface area contributed by atoms with Gasteiger partial charge >= 0.3 is 0 Å². The fourth-order valence-corrected chi connectivity index (χ4v) is 3.43. The zero-order valence-electron chi connectivity index (χ0n) is 13.0. The van der Waals surface area contributed by atoms with Gasteiger partial charge in [-0.25, -0.2) is 4.39 Å². The summed E-state index contributed by atoms with van der Waals surface area (Å²) < 4.78 is 18.1. The highest BCUT2D eigenvalue weighted by Crippen LogP contribution is 2.32. The van der Waals surface area contributed by atoms with E-state index in [2.05, 4.69) is 5.32 Å². The van der Waals surface area contributed by atoms with Crippen molar-refractivity contribution in [3.63, 3.8) is 0 Å². The largest absolute Gasteiger partial charge is 0.467 e. The molecule has 0 radical (unpaired) electrons. The fourth-order valence-electron chi connectivity index (χ4n) is 2.34. The normalized spacial score (nSPS) is 12.1. The lowest BCUT2D eigenvalue weighted by Crippen LogP contribution is -2.27. The van der Waals surface area contributed by atoms with Crippen molar-refractivity contribution >= 4 is 17.2 Å². The molecule has 0 bridgehead atoms. The van der Waals surface area contributed by atoms with E-state index in [4.69, 9.17) is 4.42 Å². The molecule has 0 aliphatic rings. The molecule has 2 heterocycles. The van der Waals surface area contributed by atoms with E-state index in [1.807, 2.05) is 6.92 Å². The van der Waals surface area contributed by atoms with E-state index in [0.717, 1.165) is 16.0 Å². The first-order valence-corrected chi connectivity index (χ1v) is 8.22. The molecule has 0 fully saturated rings. The van der Waals surface area contributed by atoms with Crippen LogP contribution in [0.15, 0.2) is 53.1 Å². The van der Waals surface area contributed by atoms with E-state index >= 15 is 0 Å². The van der Waals surface area contributed by atoms with Crippen molar-refractivity contribution in [2.45, 2.75) is 13.0 Å². The Bertz CT molecular complexity index is 825. The maximum absolute atomic E-state index is 13.0. The van der Waals surface area contributed by atoms with Crippen LogP contribution in [-0.2, 0) is 0 Å². The number of aryl methyl sites for hydroxylation is 1. The molecule has 124 valence electrons. The third-order valence-corrected chi connectivity index (χ3v) is 4.86. The summed E-state index contributed by atoms with van der Waals surface area (Å²) in [5.41, 5.74) is 1.82. The van der Waals surface area contributed by atoms with Gasteiger partial charge in [0.2, 0.25) is 0 Å². The summed E-state index contributed by atoms with van der Waals surface area (Å²) in [7, 11) is 0. The van der Waals surface area contributed by atoms with Crippen LogP contribution in [0.2, 0.25) is 0 Å². The average molecular weight is 345 g/mol. The first-order chi connectivity index (χ1) is 11.5. The first kappa shape index (κ1) is 16.4. The van der Waals surface area contributed by atoms with Crippen molar-refractivity contribution in [2.24, 2.45) is 0 Å². The number of furan rings is 1. The van der Waals surface area contributed by atoms with E-state index in [1.54, 1.807) is 30.3 Å². The van der Waals surface area contributed by atoms with Gasteiger partial charge in [-0.1, -0.05) is 12.1 Å². The van der Waals surface area contributed by atoms with Gasteiger partial charge in [0.05, 0.1) is 17.7 Å². The van der Waals surface area contributed by atoms with E-state index in [0.29, 0.717) is 10.6 Å². The highest BCUT2D eigenvalue weighted by molar-refractivity contribution is 7.17. The molecule has 0 saturated heterocycles. The van der Waals surface area contributed by atoms with Gasteiger partial charge in [-0.15, -0.1) is 11.3 Å². The second-order valence-corrected chi connectivity index (χ2v) is 6.42. The second-order valence-electron chi connectivity index (χ2n) is 5.37. The number of thiophene rings is 1. The summed E-state index contributed by atoms with van der Waals surface area (Å²) in [6.07, 6.45) is 0.583. The Hall–Kier alpha value is -2.44. The number of hydrogen-bond donors (Lipinski definition) is 2. The Morgan fingerprint density at radius 2 is 2.08 bits per heavy atom. The zero-order chi connectivity index (χ0) is 17.1. The summed E-state index contributed by atoms with van der Waals surface area (Å²) in [5.74, 6) is -0.149. The third-order valence-electron chi connectivity index (χ3n) is 3.58. The Labute approximate surface area is 142 Å². The summed E-state index contributed by atoms with van der Waals surface area (Å²) in [5, 5.41) is 12.6.